The molecule has 0 atom stereocenters. The van der Waals surface area contributed by atoms with Gasteiger partial charge in [-0.05, 0) is 25.7 Å². The van der Waals surface area contributed by atoms with E-state index in [-0.39, 0.29) is 0 Å². The van der Waals surface area contributed by atoms with E-state index in [0.717, 1.165) is 13.1 Å². The summed E-state index contributed by atoms with van der Waals surface area (Å²) in [4.78, 5) is 5.56. The lowest BCUT2D eigenvalue weighted by atomic mass is 10.2. The number of aliphatic imine (C=N–C) groups is 1. The van der Waals surface area contributed by atoms with Crippen LogP contribution >= 0.6 is 11.8 Å². The van der Waals surface area contributed by atoms with Gasteiger partial charge >= 0.3 is 0 Å². The van der Waals surface area contributed by atoms with Crippen molar-refractivity contribution in [3.8, 4) is 0 Å². The molecule has 0 unspecified atom stereocenters. The van der Waals surface area contributed by atoms with Gasteiger partial charge in [-0.15, -0.1) is 11.8 Å². The van der Waals surface area contributed by atoms with E-state index >= 15 is 0 Å². The van der Waals surface area contributed by atoms with Crippen LogP contribution in [0.15, 0.2) is 27.2 Å². The molecule has 1 rings (SSSR count). The van der Waals surface area contributed by atoms with E-state index in [1.807, 2.05) is 6.21 Å². The molecular formula is C10H16N2S. The number of allylic oxidation sites excluding steroid dienone is 3. The average Bonchev–Trinajstić information content (AvgIpc) is 2.13. The molecule has 2 nitrogen and oxygen atoms in total. The van der Waals surface area contributed by atoms with Crippen LogP contribution in [0.25, 0.3) is 0 Å². The third kappa shape index (κ3) is 2.62. The van der Waals surface area contributed by atoms with Crippen LogP contribution < -0.4 is 5.32 Å². The van der Waals surface area contributed by atoms with Crippen LogP contribution in [0, 0.1) is 0 Å². The van der Waals surface area contributed by atoms with Crippen molar-refractivity contribution in [2.45, 2.75) is 13.8 Å². The molecule has 0 aromatic rings. The zero-order chi connectivity index (χ0) is 9.68. The van der Waals surface area contributed by atoms with E-state index in [1.165, 1.54) is 16.2 Å². The summed E-state index contributed by atoms with van der Waals surface area (Å²) in [5, 5.41) is 3.36. The Morgan fingerprint density at radius 1 is 1.62 bits per heavy atom. The summed E-state index contributed by atoms with van der Waals surface area (Å²) >= 11 is 1.75. The maximum Gasteiger partial charge on any atom is 0.0562 e. The van der Waals surface area contributed by atoms with Crippen molar-refractivity contribution < 1.29 is 0 Å². The van der Waals surface area contributed by atoms with Gasteiger partial charge < -0.3 is 5.32 Å². The minimum absolute atomic E-state index is 0.856. The molecule has 0 aromatic carbocycles. The zero-order valence-electron chi connectivity index (χ0n) is 8.42. The Kier molecular flexibility index (Phi) is 4.09. The van der Waals surface area contributed by atoms with E-state index in [4.69, 9.17) is 0 Å². The highest BCUT2D eigenvalue weighted by molar-refractivity contribution is 8.03. The standard InChI is InChI=1S/C10H16N2S/c1-4-9-8(2)10(13-3)7-11-5-6-12-9/h4,7,12H,5-6H2,1-3H3/b9-4-,10-8+,11-7+. The van der Waals surface area contributed by atoms with Crippen molar-refractivity contribution >= 4 is 18.0 Å². The number of nitrogens with zero attached hydrogens (tertiary/aromatic N) is 1. The van der Waals surface area contributed by atoms with E-state index in [2.05, 4.69) is 36.5 Å². The number of nitrogens with one attached hydrogen (secondary N) is 1. The van der Waals surface area contributed by atoms with E-state index in [0.29, 0.717) is 0 Å². The highest BCUT2D eigenvalue weighted by Gasteiger charge is 2.05. The van der Waals surface area contributed by atoms with Crippen molar-refractivity contribution in [2.24, 2.45) is 4.99 Å². The molecule has 72 valence electrons. The number of thioether (sulfide) groups is 1. The van der Waals surface area contributed by atoms with Crippen LogP contribution in [-0.2, 0) is 0 Å². The fourth-order valence-electron chi connectivity index (χ4n) is 1.29. The predicted molar refractivity (Wildman–Crippen MR) is 61.3 cm³/mol. The maximum absolute atomic E-state index is 4.31. The van der Waals surface area contributed by atoms with Crippen LogP contribution in [0.3, 0.4) is 0 Å². The van der Waals surface area contributed by atoms with Gasteiger partial charge in [0.2, 0.25) is 0 Å². The van der Waals surface area contributed by atoms with Crippen molar-refractivity contribution in [1.29, 1.82) is 0 Å². The number of hydrogen-bond acceptors (Lipinski definition) is 3. The first-order valence-electron chi connectivity index (χ1n) is 4.45. The third-order valence-electron chi connectivity index (χ3n) is 2.05. The molecule has 13 heavy (non-hydrogen) atoms. The van der Waals surface area contributed by atoms with Gasteiger partial charge in [0.1, 0.15) is 0 Å². The fraction of sp³-hybridized carbons (Fsp3) is 0.500. The quantitative estimate of drug-likeness (QED) is 0.695. The molecule has 0 fully saturated rings. The molecule has 1 N–H and O–H groups in total. The summed E-state index contributed by atoms with van der Waals surface area (Å²) in [5.41, 5.74) is 2.52. The second kappa shape index (κ2) is 5.12. The van der Waals surface area contributed by atoms with Crippen LogP contribution in [0.4, 0.5) is 0 Å². The van der Waals surface area contributed by atoms with Gasteiger partial charge in [-0.25, -0.2) is 0 Å². The van der Waals surface area contributed by atoms with Gasteiger partial charge in [-0.2, -0.15) is 0 Å². The lowest BCUT2D eigenvalue weighted by molar-refractivity contribution is 0.800. The van der Waals surface area contributed by atoms with Crippen LogP contribution in [0.1, 0.15) is 13.8 Å². The maximum atomic E-state index is 4.31. The highest BCUT2D eigenvalue weighted by Crippen LogP contribution is 2.20. The molecular weight excluding hydrogens is 180 g/mol. The zero-order valence-corrected chi connectivity index (χ0v) is 9.24. The number of rotatable bonds is 1. The van der Waals surface area contributed by atoms with Gasteiger partial charge in [0, 0.05) is 23.4 Å². The third-order valence-corrected chi connectivity index (χ3v) is 2.90. The van der Waals surface area contributed by atoms with Crippen molar-refractivity contribution in [3.63, 3.8) is 0 Å². The Balaban J connectivity index is 3.00. The summed E-state index contributed by atoms with van der Waals surface area (Å²) in [6, 6.07) is 0. The molecule has 0 amide bonds. The Morgan fingerprint density at radius 2 is 2.38 bits per heavy atom. The second-order valence-electron chi connectivity index (χ2n) is 2.86. The molecule has 1 aliphatic heterocycles. The van der Waals surface area contributed by atoms with Crippen molar-refractivity contribution in [1.82, 2.24) is 5.32 Å². The van der Waals surface area contributed by atoms with Crippen molar-refractivity contribution in [2.75, 3.05) is 19.3 Å². The Bertz CT molecular complexity index is 264. The largest absolute Gasteiger partial charge is 0.383 e. The molecule has 0 bridgehead atoms. The summed E-state index contributed by atoms with van der Waals surface area (Å²) in [6.07, 6.45) is 6.18. The van der Waals surface area contributed by atoms with Crippen molar-refractivity contribution in [3.05, 3.63) is 22.3 Å². The summed E-state index contributed by atoms with van der Waals surface area (Å²) in [7, 11) is 0. The molecule has 1 aliphatic rings. The predicted octanol–water partition coefficient (Wildman–Crippen LogP) is 2.20. The molecule has 0 spiro atoms. The fourth-order valence-corrected chi connectivity index (χ4v) is 1.89. The molecule has 0 saturated carbocycles. The monoisotopic (exact) mass is 196 g/mol. The SMILES string of the molecule is C/C=C1NCC/N=C/C(SC)=C\1C. The molecule has 0 radical (unpaired) electrons. The average molecular weight is 196 g/mol. The van der Waals surface area contributed by atoms with Gasteiger partial charge in [-0.3, -0.25) is 4.99 Å². The first kappa shape index (κ1) is 10.4. The topological polar surface area (TPSA) is 24.4 Å². The lowest BCUT2D eigenvalue weighted by Crippen LogP contribution is -2.20. The minimum atomic E-state index is 0.856. The molecule has 3 heteroatoms. The van der Waals surface area contributed by atoms with Gasteiger partial charge in [0.15, 0.2) is 0 Å². The van der Waals surface area contributed by atoms with Gasteiger partial charge in [-0.1, -0.05) is 6.08 Å². The van der Waals surface area contributed by atoms with Gasteiger partial charge in [0.05, 0.1) is 6.54 Å². The summed E-state index contributed by atoms with van der Waals surface area (Å²) in [6.45, 7) is 5.97. The van der Waals surface area contributed by atoms with E-state index < -0.39 is 0 Å². The first-order valence-corrected chi connectivity index (χ1v) is 5.67. The van der Waals surface area contributed by atoms with Gasteiger partial charge in [0.25, 0.3) is 0 Å². The minimum Gasteiger partial charge on any atom is -0.383 e. The molecule has 0 aliphatic carbocycles. The van der Waals surface area contributed by atoms with Crippen LogP contribution in [0.5, 0.6) is 0 Å². The Hall–Kier alpha value is -0.700. The molecule has 0 saturated heterocycles. The van der Waals surface area contributed by atoms with E-state index in [1.54, 1.807) is 11.8 Å². The Labute approximate surface area is 84.2 Å². The smallest absolute Gasteiger partial charge is 0.0562 e. The van der Waals surface area contributed by atoms with Crippen LogP contribution in [0.2, 0.25) is 0 Å². The number of hydrogen-bond donors (Lipinski definition) is 1. The molecule has 1 heterocycles. The lowest BCUT2D eigenvalue weighted by Gasteiger charge is -2.15. The molecule has 0 aromatic heterocycles. The first-order chi connectivity index (χ1) is 6.29. The van der Waals surface area contributed by atoms with E-state index in [9.17, 15) is 0 Å². The Morgan fingerprint density at radius 3 is 3.00 bits per heavy atom. The normalized spacial score (nSPS) is 29.3. The summed E-state index contributed by atoms with van der Waals surface area (Å²) < 4.78 is 0. The highest BCUT2D eigenvalue weighted by atomic mass is 32.2. The summed E-state index contributed by atoms with van der Waals surface area (Å²) in [5.74, 6) is 0. The van der Waals surface area contributed by atoms with Crippen LogP contribution in [-0.4, -0.2) is 25.6 Å². The second-order valence-corrected chi connectivity index (χ2v) is 3.71.